The maximum atomic E-state index is 12.0. The quantitative estimate of drug-likeness (QED) is 0.571. The second-order valence-corrected chi connectivity index (χ2v) is 6.17. The van der Waals surface area contributed by atoms with Crippen molar-refractivity contribution in [1.29, 1.82) is 0 Å². The highest BCUT2D eigenvalue weighted by Crippen LogP contribution is 2.30. The van der Waals surface area contributed by atoms with Crippen LogP contribution in [0.25, 0.3) is 22.4 Å². The van der Waals surface area contributed by atoms with Gasteiger partial charge in [0.25, 0.3) is 0 Å². The average Bonchev–Trinajstić information content (AvgIpc) is 3.32. The van der Waals surface area contributed by atoms with Crippen molar-refractivity contribution in [2.75, 3.05) is 5.32 Å². The number of furan rings is 2. The van der Waals surface area contributed by atoms with Crippen LogP contribution in [0.5, 0.6) is 0 Å². The highest BCUT2D eigenvalue weighted by atomic mass is 32.1. The van der Waals surface area contributed by atoms with E-state index in [1.54, 1.807) is 6.26 Å². The highest BCUT2D eigenvalue weighted by molar-refractivity contribution is 7.14. The van der Waals surface area contributed by atoms with Gasteiger partial charge in [0.05, 0.1) is 6.26 Å². The Kier molecular flexibility index (Phi) is 3.88. The number of carbonyl (C=O) groups excluding carboxylic acids is 1. The van der Waals surface area contributed by atoms with E-state index in [-0.39, 0.29) is 5.91 Å². The van der Waals surface area contributed by atoms with Crippen LogP contribution in [0.1, 0.15) is 12.2 Å². The SMILES string of the molecule is O=C(CCc1ccco1)Nc1nc(-c2cc3ccccc3o2)cs1. The smallest absolute Gasteiger partial charge is 0.226 e. The summed E-state index contributed by atoms with van der Waals surface area (Å²) in [4.78, 5) is 16.4. The number of rotatable bonds is 5. The number of para-hydroxylation sites is 1. The number of thiazole rings is 1. The summed E-state index contributed by atoms with van der Waals surface area (Å²) in [5.41, 5.74) is 1.54. The van der Waals surface area contributed by atoms with E-state index >= 15 is 0 Å². The van der Waals surface area contributed by atoms with Crippen LogP contribution < -0.4 is 5.32 Å². The second kappa shape index (κ2) is 6.33. The number of carbonyl (C=O) groups is 1. The zero-order valence-corrected chi connectivity index (χ0v) is 13.5. The van der Waals surface area contributed by atoms with Gasteiger partial charge in [-0.1, -0.05) is 18.2 Å². The van der Waals surface area contributed by atoms with Gasteiger partial charge < -0.3 is 14.2 Å². The summed E-state index contributed by atoms with van der Waals surface area (Å²) in [6, 6.07) is 13.4. The van der Waals surface area contributed by atoms with Crippen LogP contribution in [0.15, 0.2) is 62.9 Å². The van der Waals surface area contributed by atoms with Gasteiger partial charge in [0.2, 0.25) is 5.91 Å². The molecule has 4 rings (SSSR count). The van der Waals surface area contributed by atoms with Crippen molar-refractivity contribution in [1.82, 2.24) is 4.98 Å². The fourth-order valence-electron chi connectivity index (χ4n) is 2.43. The molecular weight excluding hydrogens is 324 g/mol. The molecule has 0 aliphatic carbocycles. The summed E-state index contributed by atoms with van der Waals surface area (Å²) in [6.45, 7) is 0. The molecule has 0 saturated heterocycles. The lowest BCUT2D eigenvalue weighted by Gasteiger charge is -1.99. The van der Waals surface area contributed by atoms with Crippen LogP contribution in [0, 0.1) is 0 Å². The minimum absolute atomic E-state index is 0.0862. The lowest BCUT2D eigenvalue weighted by Crippen LogP contribution is -2.11. The van der Waals surface area contributed by atoms with E-state index in [1.165, 1.54) is 11.3 Å². The first kappa shape index (κ1) is 14.7. The fraction of sp³-hybridized carbons (Fsp3) is 0.111. The number of aromatic nitrogens is 1. The van der Waals surface area contributed by atoms with Gasteiger partial charge in [-0.05, 0) is 24.3 Å². The molecule has 4 aromatic rings. The average molecular weight is 338 g/mol. The van der Waals surface area contributed by atoms with Gasteiger partial charge in [0.1, 0.15) is 17.0 Å². The molecular formula is C18H14N2O3S. The van der Waals surface area contributed by atoms with Gasteiger partial charge in [-0.15, -0.1) is 11.3 Å². The normalized spacial score (nSPS) is 11.0. The Morgan fingerprint density at radius 3 is 2.96 bits per heavy atom. The molecule has 0 aliphatic heterocycles. The molecule has 0 spiro atoms. The zero-order valence-electron chi connectivity index (χ0n) is 12.7. The number of amides is 1. The number of fused-ring (bicyclic) bond motifs is 1. The van der Waals surface area contributed by atoms with Crippen molar-refractivity contribution < 1.29 is 13.6 Å². The van der Waals surface area contributed by atoms with Gasteiger partial charge in [-0.2, -0.15) is 0 Å². The van der Waals surface area contributed by atoms with Gasteiger partial charge in [0.15, 0.2) is 10.9 Å². The first-order valence-electron chi connectivity index (χ1n) is 7.55. The third-order valence-corrected chi connectivity index (χ3v) is 4.36. The molecule has 1 amide bonds. The van der Waals surface area contributed by atoms with Gasteiger partial charge in [-0.25, -0.2) is 4.98 Å². The monoisotopic (exact) mass is 338 g/mol. The van der Waals surface area contributed by atoms with Gasteiger partial charge in [-0.3, -0.25) is 4.79 Å². The van der Waals surface area contributed by atoms with Crippen molar-refractivity contribution in [2.45, 2.75) is 12.8 Å². The molecule has 1 N–H and O–H groups in total. The molecule has 0 atom stereocenters. The molecule has 0 unspecified atom stereocenters. The van der Waals surface area contributed by atoms with Crippen LogP contribution >= 0.6 is 11.3 Å². The van der Waals surface area contributed by atoms with E-state index in [9.17, 15) is 4.79 Å². The third-order valence-electron chi connectivity index (χ3n) is 3.61. The summed E-state index contributed by atoms with van der Waals surface area (Å²) in [5, 5.41) is 6.28. The van der Waals surface area contributed by atoms with Gasteiger partial charge in [0, 0.05) is 23.6 Å². The van der Waals surface area contributed by atoms with Crippen LogP contribution in [0.4, 0.5) is 5.13 Å². The molecule has 6 heteroatoms. The summed E-state index contributed by atoms with van der Waals surface area (Å²) in [6.07, 6.45) is 2.53. The van der Waals surface area contributed by atoms with E-state index in [0.717, 1.165) is 22.4 Å². The van der Waals surface area contributed by atoms with E-state index in [4.69, 9.17) is 8.83 Å². The van der Waals surface area contributed by atoms with Crippen molar-refractivity contribution in [3.05, 3.63) is 59.9 Å². The Hall–Kier alpha value is -2.86. The van der Waals surface area contributed by atoms with E-state index < -0.39 is 0 Å². The Morgan fingerprint density at radius 1 is 1.21 bits per heavy atom. The van der Waals surface area contributed by atoms with Crippen LogP contribution in [-0.4, -0.2) is 10.9 Å². The lowest BCUT2D eigenvalue weighted by atomic mass is 10.2. The van der Waals surface area contributed by atoms with E-state index in [0.29, 0.717) is 23.7 Å². The molecule has 3 aromatic heterocycles. The molecule has 0 bridgehead atoms. The molecule has 0 aliphatic rings. The molecule has 1 aromatic carbocycles. The predicted octanol–water partition coefficient (Wildman–Crippen LogP) is 4.72. The van der Waals surface area contributed by atoms with Crippen molar-refractivity contribution in [2.24, 2.45) is 0 Å². The number of hydrogen-bond acceptors (Lipinski definition) is 5. The Labute approximate surface area is 141 Å². The van der Waals surface area contributed by atoms with Crippen molar-refractivity contribution in [3.8, 4) is 11.5 Å². The number of benzene rings is 1. The largest absolute Gasteiger partial charge is 0.469 e. The minimum Gasteiger partial charge on any atom is -0.469 e. The van der Waals surface area contributed by atoms with E-state index in [2.05, 4.69) is 10.3 Å². The van der Waals surface area contributed by atoms with Crippen LogP contribution in [-0.2, 0) is 11.2 Å². The number of aryl methyl sites for hydroxylation is 1. The molecule has 3 heterocycles. The molecule has 0 radical (unpaired) electrons. The molecule has 120 valence electrons. The number of anilines is 1. The fourth-order valence-corrected chi connectivity index (χ4v) is 3.14. The van der Waals surface area contributed by atoms with Crippen molar-refractivity contribution in [3.63, 3.8) is 0 Å². The Balaban J connectivity index is 1.43. The van der Waals surface area contributed by atoms with Crippen LogP contribution in [0.2, 0.25) is 0 Å². The number of nitrogens with one attached hydrogen (secondary N) is 1. The number of nitrogens with zero attached hydrogens (tertiary/aromatic N) is 1. The molecule has 0 fully saturated rings. The topological polar surface area (TPSA) is 68.3 Å². The predicted molar refractivity (Wildman–Crippen MR) is 93.0 cm³/mol. The highest BCUT2D eigenvalue weighted by Gasteiger charge is 2.12. The van der Waals surface area contributed by atoms with Crippen molar-refractivity contribution >= 4 is 33.3 Å². The lowest BCUT2D eigenvalue weighted by molar-refractivity contribution is -0.116. The van der Waals surface area contributed by atoms with E-state index in [1.807, 2.05) is 47.8 Å². The summed E-state index contributed by atoms with van der Waals surface area (Å²) < 4.78 is 11.0. The number of hydrogen-bond donors (Lipinski definition) is 1. The second-order valence-electron chi connectivity index (χ2n) is 5.31. The zero-order chi connectivity index (χ0) is 16.4. The maximum Gasteiger partial charge on any atom is 0.226 e. The minimum atomic E-state index is -0.0862. The molecule has 5 nitrogen and oxygen atoms in total. The van der Waals surface area contributed by atoms with Crippen LogP contribution in [0.3, 0.4) is 0 Å². The first-order chi connectivity index (χ1) is 11.8. The summed E-state index contributed by atoms with van der Waals surface area (Å²) in [5.74, 6) is 1.41. The molecule has 0 saturated carbocycles. The standard InChI is InChI=1S/C18H14N2O3S/c21-17(8-7-13-5-3-9-22-13)20-18-19-14(11-24-18)16-10-12-4-1-2-6-15(12)23-16/h1-6,9-11H,7-8H2,(H,19,20,21). The summed E-state index contributed by atoms with van der Waals surface area (Å²) in [7, 11) is 0. The Bertz CT molecular complexity index is 936. The van der Waals surface area contributed by atoms with Gasteiger partial charge >= 0.3 is 0 Å². The summed E-state index contributed by atoms with van der Waals surface area (Å²) >= 11 is 1.38. The first-order valence-corrected chi connectivity index (χ1v) is 8.42. The third kappa shape index (κ3) is 3.09. The molecule has 24 heavy (non-hydrogen) atoms. The maximum absolute atomic E-state index is 12.0. The Morgan fingerprint density at radius 2 is 2.12 bits per heavy atom.